The number of rotatable bonds is 5. The van der Waals surface area contributed by atoms with Crippen LogP contribution in [-0.4, -0.2) is 53.2 Å². The highest BCUT2D eigenvalue weighted by Gasteiger charge is 2.30. The summed E-state index contributed by atoms with van der Waals surface area (Å²) >= 11 is 0. The van der Waals surface area contributed by atoms with Crippen LogP contribution >= 0.6 is 0 Å². The zero-order valence-corrected chi connectivity index (χ0v) is 19.7. The summed E-state index contributed by atoms with van der Waals surface area (Å²) in [6, 6.07) is 10.6. The quantitative estimate of drug-likeness (QED) is 0.612. The second-order valence-electron chi connectivity index (χ2n) is 8.27. The van der Waals surface area contributed by atoms with Crippen LogP contribution in [0.25, 0.3) is 16.9 Å². The minimum absolute atomic E-state index is 0.0414. The van der Waals surface area contributed by atoms with Gasteiger partial charge >= 0.3 is 0 Å². The van der Waals surface area contributed by atoms with Gasteiger partial charge in [0, 0.05) is 31.1 Å². The number of halogens is 1. The van der Waals surface area contributed by atoms with Gasteiger partial charge in [-0.05, 0) is 30.5 Å². The molecular weight excluding hydrogens is 443 g/mol. The molecule has 1 aliphatic carbocycles. The first-order valence-electron chi connectivity index (χ1n) is 11.4. The average molecular weight is 473 g/mol. The van der Waals surface area contributed by atoms with Gasteiger partial charge in [0.15, 0.2) is 15.7 Å². The molecule has 33 heavy (non-hydrogen) atoms. The molecule has 0 bridgehead atoms. The van der Waals surface area contributed by atoms with Crippen molar-refractivity contribution in [2.45, 2.75) is 33.2 Å². The normalized spacial score (nSPS) is 17.9. The Kier molecular flexibility index (Phi) is 6.81. The molecule has 0 radical (unpaired) electrons. The van der Waals surface area contributed by atoms with Gasteiger partial charge in [-0.1, -0.05) is 38.1 Å². The third kappa shape index (κ3) is 5.42. The summed E-state index contributed by atoms with van der Waals surface area (Å²) in [5.41, 5.74) is 2.68. The zero-order valence-electron chi connectivity index (χ0n) is 18.9. The number of carbonyl (C=O) groups is 1. The Labute approximate surface area is 193 Å². The van der Waals surface area contributed by atoms with E-state index in [1.807, 2.05) is 38.1 Å². The molecule has 0 unspecified atom stereocenters. The van der Waals surface area contributed by atoms with Crippen LogP contribution in [0.4, 0.5) is 10.2 Å². The molecule has 0 atom stereocenters. The molecule has 176 valence electrons. The predicted octanol–water partition coefficient (Wildman–Crippen LogP) is 3.75. The summed E-state index contributed by atoms with van der Waals surface area (Å²) in [7, 11) is -2.90. The lowest BCUT2D eigenvalue weighted by molar-refractivity contribution is -0.117. The third-order valence-electron chi connectivity index (χ3n) is 5.85. The largest absolute Gasteiger partial charge is 0.309 e. The number of sulfone groups is 1. The minimum atomic E-state index is -2.90. The number of carbonyl (C=O) groups excluding carboxylic acids is 1. The first kappa shape index (κ1) is 23.4. The van der Waals surface area contributed by atoms with Crippen molar-refractivity contribution in [1.29, 1.82) is 0 Å². The van der Waals surface area contributed by atoms with E-state index in [1.54, 1.807) is 16.7 Å². The molecule has 7 nitrogen and oxygen atoms in total. The van der Waals surface area contributed by atoms with Gasteiger partial charge in [0.05, 0.1) is 23.4 Å². The summed E-state index contributed by atoms with van der Waals surface area (Å²) in [6.07, 6.45) is 3.45. The molecule has 2 aromatic heterocycles. The molecule has 2 aliphatic rings. The fourth-order valence-corrected chi connectivity index (χ4v) is 5.16. The molecule has 3 heterocycles. The van der Waals surface area contributed by atoms with E-state index in [4.69, 9.17) is 0 Å². The van der Waals surface area contributed by atoms with Crippen molar-refractivity contribution in [2.24, 2.45) is 5.92 Å². The van der Waals surface area contributed by atoms with E-state index in [2.05, 4.69) is 15.2 Å². The van der Waals surface area contributed by atoms with E-state index in [9.17, 15) is 17.6 Å². The van der Waals surface area contributed by atoms with Gasteiger partial charge in [0.1, 0.15) is 11.5 Å². The standard InChI is InChI=1S/C22H23FN4O3S.C2H6/c23-18-7-8-20-24-19(25-22(28)17-5-6-17)14-27(20)21(18)16-3-1-15(2-4-16)13-26-9-11-31(29,30)12-10-26;1-2/h1-4,7-8,14,17H,5-6,9-13H2,(H,25,28);1-2H3. The van der Waals surface area contributed by atoms with Crippen LogP contribution in [0.1, 0.15) is 32.3 Å². The lowest BCUT2D eigenvalue weighted by Gasteiger charge is -2.26. The Bertz CT molecular complexity index is 1240. The van der Waals surface area contributed by atoms with Gasteiger partial charge in [-0.25, -0.2) is 17.8 Å². The van der Waals surface area contributed by atoms with E-state index in [0.29, 0.717) is 42.4 Å². The fourth-order valence-electron chi connectivity index (χ4n) is 3.88. The van der Waals surface area contributed by atoms with Crippen LogP contribution in [0.2, 0.25) is 0 Å². The highest BCUT2D eigenvalue weighted by atomic mass is 32.2. The average Bonchev–Trinajstić information content (AvgIpc) is 3.58. The number of amides is 1. The molecule has 1 N–H and O–H groups in total. The lowest BCUT2D eigenvalue weighted by atomic mass is 10.1. The minimum Gasteiger partial charge on any atom is -0.309 e. The number of imidazole rings is 1. The first-order chi connectivity index (χ1) is 15.9. The topological polar surface area (TPSA) is 83.8 Å². The maximum Gasteiger partial charge on any atom is 0.228 e. The number of nitrogens with one attached hydrogen (secondary N) is 1. The summed E-state index contributed by atoms with van der Waals surface area (Å²) in [6.45, 7) is 5.72. The van der Waals surface area contributed by atoms with Gasteiger partial charge in [-0.15, -0.1) is 0 Å². The number of hydrogen-bond acceptors (Lipinski definition) is 5. The summed E-state index contributed by atoms with van der Waals surface area (Å²) in [4.78, 5) is 18.6. The van der Waals surface area contributed by atoms with E-state index in [0.717, 1.165) is 18.4 Å². The Morgan fingerprint density at radius 3 is 2.39 bits per heavy atom. The predicted molar refractivity (Wildman–Crippen MR) is 127 cm³/mol. The number of benzene rings is 1. The highest BCUT2D eigenvalue weighted by Crippen LogP contribution is 2.31. The zero-order chi connectivity index (χ0) is 23.6. The summed E-state index contributed by atoms with van der Waals surface area (Å²) in [5, 5.41) is 2.81. The van der Waals surface area contributed by atoms with Crippen LogP contribution in [0.15, 0.2) is 42.6 Å². The molecule has 1 saturated carbocycles. The molecule has 9 heteroatoms. The molecule has 1 aliphatic heterocycles. The van der Waals surface area contributed by atoms with Crippen molar-refractivity contribution in [3.63, 3.8) is 0 Å². The summed E-state index contributed by atoms with van der Waals surface area (Å²) in [5.74, 6) is 0.449. The lowest BCUT2D eigenvalue weighted by Crippen LogP contribution is -2.39. The number of pyridine rings is 1. The molecule has 1 aromatic carbocycles. The highest BCUT2D eigenvalue weighted by molar-refractivity contribution is 7.91. The van der Waals surface area contributed by atoms with Crippen LogP contribution in [0.5, 0.6) is 0 Å². The van der Waals surface area contributed by atoms with E-state index in [1.165, 1.54) is 6.07 Å². The second kappa shape index (κ2) is 9.61. The van der Waals surface area contributed by atoms with Crippen LogP contribution in [0.3, 0.4) is 0 Å². The molecule has 5 rings (SSSR count). The van der Waals surface area contributed by atoms with Crippen LogP contribution in [0, 0.1) is 11.7 Å². The van der Waals surface area contributed by atoms with Crippen molar-refractivity contribution in [2.75, 3.05) is 29.9 Å². The Hall–Kier alpha value is -2.78. The third-order valence-corrected chi connectivity index (χ3v) is 7.46. The van der Waals surface area contributed by atoms with Crippen molar-refractivity contribution in [3.8, 4) is 11.3 Å². The van der Waals surface area contributed by atoms with Gasteiger partial charge < -0.3 is 5.32 Å². The number of aromatic nitrogens is 2. The maximum absolute atomic E-state index is 14.8. The van der Waals surface area contributed by atoms with Crippen LogP contribution in [-0.2, 0) is 21.2 Å². The van der Waals surface area contributed by atoms with Crippen molar-refractivity contribution >= 4 is 27.2 Å². The summed E-state index contributed by atoms with van der Waals surface area (Å²) < 4.78 is 39.6. The molecule has 1 saturated heterocycles. The number of hydrogen-bond donors (Lipinski definition) is 1. The van der Waals surface area contributed by atoms with Crippen molar-refractivity contribution in [1.82, 2.24) is 14.3 Å². The molecule has 0 spiro atoms. The van der Waals surface area contributed by atoms with Crippen molar-refractivity contribution < 1.29 is 17.6 Å². The van der Waals surface area contributed by atoms with Gasteiger partial charge in [0.2, 0.25) is 5.91 Å². The number of anilines is 1. The molecular formula is C24H29FN4O3S. The number of nitrogens with zero attached hydrogens (tertiary/aromatic N) is 3. The molecule has 3 aromatic rings. The van der Waals surface area contributed by atoms with Crippen molar-refractivity contribution in [3.05, 3.63) is 54.0 Å². The van der Waals surface area contributed by atoms with Gasteiger partial charge in [0.25, 0.3) is 0 Å². The van der Waals surface area contributed by atoms with E-state index >= 15 is 0 Å². The van der Waals surface area contributed by atoms with E-state index in [-0.39, 0.29) is 29.1 Å². The Morgan fingerprint density at radius 1 is 1.09 bits per heavy atom. The Balaban J connectivity index is 0.00000126. The monoisotopic (exact) mass is 472 g/mol. The Morgan fingerprint density at radius 2 is 1.76 bits per heavy atom. The van der Waals surface area contributed by atoms with Gasteiger partial charge in [-0.2, -0.15) is 0 Å². The fraction of sp³-hybridized carbons (Fsp3) is 0.417. The van der Waals surface area contributed by atoms with Gasteiger partial charge in [-0.3, -0.25) is 14.1 Å². The number of fused-ring (bicyclic) bond motifs is 1. The first-order valence-corrected chi connectivity index (χ1v) is 13.2. The van der Waals surface area contributed by atoms with E-state index < -0.39 is 9.84 Å². The molecule has 2 fully saturated rings. The maximum atomic E-state index is 14.8. The smallest absolute Gasteiger partial charge is 0.228 e. The molecule has 1 amide bonds. The van der Waals surface area contributed by atoms with Crippen LogP contribution < -0.4 is 5.32 Å². The SMILES string of the molecule is CC.O=C(Nc1cn2c(-c3ccc(CN4CCS(=O)(=O)CC4)cc3)c(F)ccc2n1)C1CC1. The second-order valence-corrected chi connectivity index (χ2v) is 10.6.